The van der Waals surface area contributed by atoms with Crippen molar-refractivity contribution in [2.45, 2.75) is 46.0 Å². The summed E-state index contributed by atoms with van der Waals surface area (Å²) in [5.41, 5.74) is 2.11. The molecule has 0 saturated carbocycles. The minimum Gasteiger partial charge on any atom is -0.265 e. The Bertz CT molecular complexity index is 786. The highest BCUT2D eigenvalue weighted by Gasteiger charge is 2.22. The Morgan fingerprint density at radius 2 is 1.86 bits per heavy atom. The third-order valence-corrected chi connectivity index (χ3v) is 4.32. The van der Waals surface area contributed by atoms with E-state index in [1.165, 1.54) is 0 Å². The van der Waals surface area contributed by atoms with Crippen molar-refractivity contribution in [3.8, 4) is 10.7 Å². The van der Waals surface area contributed by atoms with Crippen molar-refractivity contribution in [1.82, 2.24) is 29.6 Å². The number of aryl methyl sites for hydroxylation is 1. The molecule has 112 valence electrons. The molecule has 0 aliphatic carbocycles. The average molecular weight is 304 g/mol. The first-order valence-electron chi connectivity index (χ1n) is 7.04. The SMILES string of the molecule is CC(C)c1nnc2sc(-c3cc(C(C)(C)C)nn3C)nn12. The Labute approximate surface area is 127 Å². The molecule has 0 spiro atoms. The largest absolute Gasteiger partial charge is 0.265 e. The first-order chi connectivity index (χ1) is 9.77. The van der Waals surface area contributed by atoms with Crippen molar-refractivity contribution >= 4 is 16.3 Å². The fourth-order valence-electron chi connectivity index (χ4n) is 2.13. The number of fused-ring (bicyclic) bond motifs is 1. The third kappa shape index (κ3) is 2.35. The number of nitrogens with zero attached hydrogens (tertiary/aromatic N) is 6. The summed E-state index contributed by atoms with van der Waals surface area (Å²) in [5, 5.41) is 18.6. The number of rotatable bonds is 2. The van der Waals surface area contributed by atoms with Crippen molar-refractivity contribution in [1.29, 1.82) is 0 Å². The van der Waals surface area contributed by atoms with Crippen molar-refractivity contribution < 1.29 is 0 Å². The topological polar surface area (TPSA) is 60.9 Å². The molecule has 0 radical (unpaired) electrons. The molecule has 0 amide bonds. The number of aromatic nitrogens is 6. The van der Waals surface area contributed by atoms with Crippen LogP contribution in [0.3, 0.4) is 0 Å². The highest BCUT2D eigenvalue weighted by molar-refractivity contribution is 7.19. The maximum Gasteiger partial charge on any atom is 0.235 e. The van der Waals surface area contributed by atoms with E-state index >= 15 is 0 Å². The number of hydrogen-bond donors (Lipinski definition) is 0. The quantitative estimate of drug-likeness (QED) is 0.730. The molecule has 0 aromatic carbocycles. The van der Waals surface area contributed by atoms with Crippen molar-refractivity contribution in [3.05, 3.63) is 17.6 Å². The van der Waals surface area contributed by atoms with E-state index in [1.54, 1.807) is 11.3 Å². The van der Waals surface area contributed by atoms with Gasteiger partial charge < -0.3 is 0 Å². The predicted molar refractivity (Wildman–Crippen MR) is 83.7 cm³/mol. The van der Waals surface area contributed by atoms with Gasteiger partial charge in [-0.25, -0.2) is 0 Å². The highest BCUT2D eigenvalue weighted by atomic mass is 32.1. The first-order valence-corrected chi connectivity index (χ1v) is 7.86. The van der Waals surface area contributed by atoms with Gasteiger partial charge in [0.05, 0.1) is 11.4 Å². The molecular formula is C14H20N6S. The molecule has 3 heterocycles. The summed E-state index contributed by atoms with van der Waals surface area (Å²) in [4.78, 5) is 0.826. The lowest BCUT2D eigenvalue weighted by atomic mass is 9.92. The van der Waals surface area contributed by atoms with Crippen LogP contribution in [0.5, 0.6) is 0 Å². The Kier molecular flexibility index (Phi) is 3.12. The van der Waals surface area contributed by atoms with Crippen LogP contribution in [0.25, 0.3) is 15.7 Å². The van der Waals surface area contributed by atoms with Gasteiger partial charge in [-0.2, -0.15) is 14.7 Å². The van der Waals surface area contributed by atoms with E-state index < -0.39 is 0 Å². The summed E-state index contributed by atoms with van der Waals surface area (Å²) < 4.78 is 3.73. The van der Waals surface area contributed by atoms with Crippen LogP contribution in [0.2, 0.25) is 0 Å². The van der Waals surface area contributed by atoms with Crippen LogP contribution in [-0.2, 0) is 12.5 Å². The summed E-state index contributed by atoms with van der Waals surface area (Å²) >= 11 is 1.54. The van der Waals surface area contributed by atoms with Crippen LogP contribution in [0, 0.1) is 0 Å². The van der Waals surface area contributed by atoms with Gasteiger partial charge in [-0.3, -0.25) is 4.68 Å². The molecule has 3 aromatic heterocycles. The normalized spacial score (nSPS) is 12.7. The van der Waals surface area contributed by atoms with Gasteiger partial charge in [-0.1, -0.05) is 46.0 Å². The van der Waals surface area contributed by atoms with Crippen LogP contribution >= 0.6 is 11.3 Å². The maximum atomic E-state index is 4.67. The van der Waals surface area contributed by atoms with E-state index in [4.69, 9.17) is 0 Å². The van der Waals surface area contributed by atoms with E-state index in [2.05, 4.69) is 61.1 Å². The molecule has 3 rings (SSSR count). The number of hydrogen-bond acceptors (Lipinski definition) is 5. The Balaban J connectivity index is 2.11. The van der Waals surface area contributed by atoms with E-state index in [9.17, 15) is 0 Å². The molecule has 0 N–H and O–H groups in total. The smallest absolute Gasteiger partial charge is 0.235 e. The maximum absolute atomic E-state index is 4.67. The van der Waals surface area contributed by atoms with Crippen LogP contribution in [0.4, 0.5) is 0 Å². The van der Waals surface area contributed by atoms with Crippen LogP contribution < -0.4 is 0 Å². The fourth-order valence-corrected chi connectivity index (χ4v) is 3.02. The first kappa shape index (κ1) is 14.2. The summed E-state index contributed by atoms with van der Waals surface area (Å²) in [6, 6.07) is 2.11. The van der Waals surface area contributed by atoms with Gasteiger partial charge in [0.15, 0.2) is 10.8 Å². The average Bonchev–Trinajstić information content (AvgIpc) is 2.98. The minimum absolute atomic E-state index is 0.0259. The van der Waals surface area contributed by atoms with Crippen molar-refractivity contribution in [2.75, 3.05) is 0 Å². The molecule has 0 saturated heterocycles. The van der Waals surface area contributed by atoms with E-state index in [-0.39, 0.29) is 5.41 Å². The van der Waals surface area contributed by atoms with Crippen molar-refractivity contribution in [2.24, 2.45) is 7.05 Å². The van der Waals surface area contributed by atoms with Gasteiger partial charge in [-0.15, -0.1) is 10.2 Å². The molecule has 0 fully saturated rings. The predicted octanol–water partition coefficient (Wildman–Crippen LogP) is 3.01. The molecule has 0 aliphatic heterocycles. The van der Waals surface area contributed by atoms with Crippen LogP contribution in [-0.4, -0.2) is 29.6 Å². The summed E-state index contributed by atoms with van der Waals surface area (Å²) in [6.45, 7) is 10.7. The monoisotopic (exact) mass is 304 g/mol. The Morgan fingerprint density at radius 1 is 1.14 bits per heavy atom. The summed E-state index contributed by atoms with van der Waals surface area (Å²) in [5.74, 6) is 1.19. The van der Waals surface area contributed by atoms with Gasteiger partial charge in [0.25, 0.3) is 0 Å². The van der Waals surface area contributed by atoms with Gasteiger partial charge in [-0.05, 0) is 6.07 Å². The third-order valence-electron chi connectivity index (χ3n) is 3.40. The zero-order valence-electron chi connectivity index (χ0n) is 13.2. The molecule has 21 heavy (non-hydrogen) atoms. The summed E-state index contributed by atoms with van der Waals surface area (Å²) in [6.07, 6.45) is 0. The second kappa shape index (κ2) is 4.62. The molecule has 0 unspecified atom stereocenters. The molecular weight excluding hydrogens is 284 g/mol. The molecule has 0 aliphatic rings. The Morgan fingerprint density at radius 3 is 2.43 bits per heavy atom. The van der Waals surface area contributed by atoms with Gasteiger partial charge in [0.1, 0.15) is 0 Å². The summed E-state index contributed by atoms with van der Waals surface area (Å²) in [7, 11) is 1.95. The van der Waals surface area contributed by atoms with Crippen LogP contribution in [0.15, 0.2) is 6.07 Å². The van der Waals surface area contributed by atoms with E-state index in [1.807, 2.05) is 16.2 Å². The van der Waals surface area contributed by atoms with E-state index in [0.717, 1.165) is 27.2 Å². The lowest BCUT2D eigenvalue weighted by molar-refractivity contribution is 0.553. The Hall–Kier alpha value is -1.76. The highest BCUT2D eigenvalue weighted by Crippen LogP contribution is 2.30. The molecule has 7 heteroatoms. The zero-order chi connectivity index (χ0) is 15.4. The fraction of sp³-hybridized carbons (Fsp3) is 0.571. The van der Waals surface area contributed by atoms with Gasteiger partial charge in [0.2, 0.25) is 4.96 Å². The van der Waals surface area contributed by atoms with Crippen LogP contribution in [0.1, 0.15) is 52.1 Å². The molecule has 0 bridgehead atoms. The minimum atomic E-state index is 0.0259. The molecule has 0 atom stereocenters. The molecule has 6 nitrogen and oxygen atoms in total. The second-order valence-electron chi connectivity index (χ2n) is 6.60. The van der Waals surface area contributed by atoms with Gasteiger partial charge in [0, 0.05) is 18.4 Å². The molecule has 3 aromatic rings. The van der Waals surface area contributed by atoms with Crippen molar-refractivity contribution in [3.63, 3.8) is 0 Å². The van der Waals surface area contributed by atoms with Gasteiger partial charge >= 0.3 is 0 Å². The standard InChI is InChI=1S/C14H20N6S/c1-8(2)11-15-16-13-20(11)18-12(21-13)9-7-10(14(3,4)5)17-19(9)6/h7-8H,1-6H3. The lowest BCUT2D eigenvalue weighted by Crippen LogP contribution is -2.12. The second-order valence-corrected chi connectivity index (χ2v) is 7.56. The van der Waals surface area contributed by atoms with E-state index in [0.29, 0.717) is 5.92 Å². The lowest BCUT2D eigenvalue weighted by Gasteiger charge is -2.13. The zero-order valence-corrected chi connectivity index (χ0v) is 14.1.